The van der Waals surface area contributed by atoms with Gasteiger partial charge in [-0.3, -0.25) is 0 Å². The van der Waals surface area contributed by atoms with Crippen LogP contribution < -0.4 is 5.32 Å². The second kappa shape index (κ2) is 11.0. The van der Waals surface area contributed by atoms with Gasteiger partial charge in [0.2, 0.25) is 0 Å². The van der Waals surface area contributed by atoms with E-state index >= 15 is 0 Å². The molecule has 1 atom stereocenters. The molecule has 0 saturated heterocycles. The van der Waals surface area contributed by atoms with Crippen molar-refractivity contribution in [3.8, 4) is 11.1 Å². The minimum atomic E-state index is -0.921. The van der Waals surface area contributed by atoms with Gasteiger partial charge in [-0.2, -0.15) is 0 Å². The van der Waals surface area contributed by atoms with E-state index in [4.69, 9.17) is 16.7 Å². The van der Waals surface area contributed by atoms with Gasteiger partial charge in [0.15, 0.2) is 0 Å². The summed E-state index contributed by atoms with van der Waals surface area (Å²) in [5, 5.41) is 23.1. The van der Waals surface area contributed by atoms with Crippen molar-refractivity contribution in [3.05, 3.63) is 94.5 Å². The summed E-state index contributed by atoms with van der Waals surface area (Å²) < 4.78 is 0. The van der Waals surface area contributed by atoms with Crippen molar-refractivity contribution in [3.63, 3.8) is 0 Å². The molecule has 3 rings (SSSR count). The highest BCUT2D eigenvalue weighted by molar-refractivity contribution is 6.30. The van der Waals surface area contributed by atoms with E-state index in [1.54, 1.807) is 24.3 Å². The number of aromatic carboxylic acids is 1. The number of hydrogen-bond donors (Lipinski definition) is 3. The average Bonchev–Trinajstić information content (AvgIpc) is 2.71. The number of aliphatic hydroxyl groups is 1. The SMILES string of the molecule is Cl.O=C(O)c1ccc(-c2ccc(CCNC[C@H](O)c3cccc(Cl)c3)cc2)cc1. The number of rotatable bonds is 8. The van der Waals surface area contributed by atoms with Gasteiger partial charge in [0.25, 0.3) is 0 Å². The Morgan fingerprint density at radius 2 is 1.59 bits per heavy atom. The van der Waals surface area contributed by atoms with Crippen molar-refractivity contribution < 1.29 is 15.0 Å². The van der Waals surface area contributed by atoms with Gasteiger partial charge in [-0.25, -0.2) is 4.79 Å². The van der Waals surface area contributed by atoms with E-state index in [0.717, 1.165) is 29.7 Å². The highest BCUT2D eigenvalue weighted by atomic mass is 35.5. The van der Waals surface area contributed by atoms with E-state index in [-0.39, 0.29) is 18.0 Å². The van der Waals surface area contributed by atoms with Crippen LogP contribution in [0.15, 0.2) is 72.8 Å². The molecular weight excluding hydrogens is 409 g/mol. The number of nitrogens with one attached hydrogen (secondary N) is 1. The summed E-state index contributed by atoms with van der Waals surface area (Å²) in [6.07, 6.45) is 0.260. The van der Waals surface area contributed by atoms with Gasteiger partial charge in [0.05, 0.1) is 11.7 Å². The van der Waals surface area contributed by atoms with E-state index in [2.05, 4.69) is 17.4 Å². The summed E-state index contributed by atoms with van der Waals surface area (Å²) in [6, 6.07) is 22.3. The molecule has 3 aromatic rings. The van der Waals surface area contributed by atoms with Crippen LogP contribution >= 0.6 is 24.0 Å². The molecule has 0 aliphatic rings. The molecule has 0 spiro atoms. The van der Waals surface area contributed by atoms with Gasteiger partial charge < -0.3 is 15.5 Å². The van der Waals surface area contributed by atoms with Crippen LogP contribution in [0.25, 0.3) is 11.1 Å². The number of hydrogen-bond acceptors (Lipinski definition) is 3. The minimum Gasteiger partial charge on any atom is -0.478 e. The van der Waals surface area contributed by atoms with Gasteiger partial charge >= 0.3 is 5.97 Å². The molecule has 0 aliphatic carbocycles. The van der Waals surface area contributed by atoms with Gasteiger partial charge in [0.1, 0.15) is 0 Å². The van der Waals surface area contributed by atoms with Crippen molar-refractivity contribution in [2.24, 2.45) is 0 Å². The summed E-state index contributed by atoms with van der Waals surface area (Å²) in [6.45, 7) is 1.22. The quantitative estimate of drug-likeness (QED) is 0.439. The fourth-order valence-electron chi connectivity index (χ4n) is 2.97. The molecule has 0 unspecified atom stereocenters. The molecule has 4 nitrogen and oxygen atoms in total. The zero-order valence-corrected chi connectivity index (χ0v) is 17.3. The van der Waals surface area contributed by atoms with Gasteiger partial charge in [-0.05, 0) is 59.5 Å². The first-order valence-electron chi connectivity index (χ1n) is 9.10. The molecule has 0 bridgehead atoms. The molecule has 0 aliphatic heterocycles. The number of carbonyl (C=O) groups is 1. The van der Waals surface area contributed by atoms with Crippen LogP contribution in [-0.4, -0.2) is 29.3 Å². The monoisotopic (exact) mass is 431 g/mol. The highest BCUT2D eigenvalue weighted by Gasteiger charge is 2.07. The molecule has 6 heteroatoms. The molecular formula is C23H23Cl2NO3. The fourth-order valence-corrected chi connectivity index (χ4v) is 3.17. The summed E-state index contributed by atoms with van der Waals surface area (Å²) in [7, 11) is 0. The topological polar surface area (TPSA) is 69.6 Å². The molecule has 0 saturated carbocycles. The van der Waals surface area contributed by atoms with Crippen LogP contribution in [0.4, 0.5) is 0 Å². The Morgan fingerprint density at radius 1 is 0.966 bits per heavy atom. The third kappa shape index (κ3) is 6.58. The number of carboxylic acids is 1. The molecule has 3 N–H and O–H groups in total. The van der Waals surface area contributed by atoms with Crippen LogP contribution in [0.1, 0.15) is 27.6 Å². The number of aliphatic hydroxyl groups excluding tert-OH is 1. The summed E-state index contributed by atoms with van der Waals surface area (Å²) in [4.78, 5) is 10.9. The lowest BCUT2D eigenvalue weighted by molar-refractivity contribution is 0.0697. The van der Waals surface area contributed by atoms with Crippen molar-refractivity contribution in [2.45, 2.75) is 12.5 Å². The first-order chi connectivity index (χ1) is 13.5. The second-order valence-electron chi connectivity index (χ2n) is 6.60. The van der Waals surface area contributed by atoms with E-state index in [0.29, 0.717) is 11.6 Å². The van der Waals surface area contributed by atoms with Crippen LogP contribution in [-0.2, 0) is 6.42 Å². The third-order valence-corrected chi connectivity index (χ3v) is 4.82. The lowest BCUT2D eigenvalue weighted by Gasteiger charge is -2.12. The van der Waals surface area contributed by atoms with Crippen molar-refractivity contribution in [1.29, 1.82) is 0 Å². The molecule has 0 fully saturated rings. The lowest BCUT2D eigenvalue weighted by Crippen LogP contribution is -2.23. The van der Waals surface area contributed by atoms with Crippen molar-refractivity contribution >= 4 is 30.0 Å². The van der Waals surface area contributed by atoms with Crippen LogP contribution in [0.5, 0.6) is 0 Å². The van der Waals surface area contributed by atoms with E-state index in [9.17, 15) is 9.90 Å². The molecule has 0 heterocycles. The smallest absolute Gasteiger partial charge is 0.335 e. The molecule has 29 heavy (non-hydrogen) atoms. The molecule has 152 valence electrons. The molecule has 0 aromatic heterocycles. The normalized spacial score (nSPS) is 11.5. The van der Waals surface area contributed by atoms with E-state index in [1.807, 2.05) is 36.4 Å². The molecule has 3 aromatic carbocycles. The predicted molar refractivity (Wildman–Crippen MR) is 119 cm³/mol. The van der Waals surface area contributed by atoms with Crippen LogP contribution in [0.3, 0.4) is 0 Å². The molecule has 0 radical (unpaired) electrons. The maximum atomic E-state index is 10.9. The number of benzene rings is 3. The van der Waals surface area contributed by atoms with Crippen LogP contribution in [0, 0.1) is 0 Å². The summed E-state index contributed by atoms with van der Waals surface area (Å²) in [5.41, 5.74) is 4.31. The molecule has 0 amide bonds. The standard InChI is InChI=1S/C23H22ClNO3.ClH/c24-21-3-1-2-20(14-21)22(26)15-25-13-12-16-4-6-17(7-5-16)18-8-10-19(11-9-18)23(27)28;/h1-11,14,22,25-26H,12-13,15H2,(H,27,28);1H/t22-;/m0./s1. The maximum Gasteiger partial charge on any atom is 0.335 e. The highest BCUT2D eigenvalue weighted by Crippen LogP contribution is 2.21. The van der Waals surface area contributed by atoms with E-state index in [1.165, 1.54) is 5.56 Å². The van der Waals surface area contributed by atoms with Gasteiger partial charge in [-0.15, -0.1) is 12.4 Å². The van der Waals surface area contributed by atoms with Crippen molar-refractivity contribution in [1.82, 2.24) is 5.32 Å². The minimum absolute atomic E-state index is 0. The summed E-state index contributed by atoms with van der Waals surface area (Å²) >= 11 is 5.95. The lowest BCUT2D eigenvalue weighted by atomic mass is 10.0. The zero-order chi connectivity index (χ0) is 19.9. The Hall–Kier alpha value is -2.37. The predicted octanol–water partition coefficient (Wildman–Crippen LogP) is 4.99. The average molecular weight is 432 g/mol. The van der Waals surface area contributed by atoms with Gasteiger partial charge in [0, 0.05) is 11.6 Å². The second-order valence-corrected chi connectivity index (χ2v) is 7.04. The number of halogens is 2. The van der Waals surface area contributed by atoms with E-state index < -0.39 is 12.1 Å². The summed E-state index contributed by atoms with van der Waals surface area (Å²) in [5.74, 6) is -0.921. The Balaban J connectivity index is 0.00000300. The zero-order valence-electron chi connectivity index (χ0n) is 15.7. The van der Waals surface area contributed by atoms with Gasteiger partial charge in [-0.1, -0.05) is 60.1 Å². The number of carboxylic acid groups (broad SMARTS) is 1. The largest absolute Gasteiger partial charge is 0.478 e. The van der Waals surface area contributed by atoms with Crippen LogP contribution in [0.2, 0.25) is 5.02 Å². The maximum absolute atomic E-state index is 10.9. The Morgan fingerprint density at radius 3 is 2.17 bits per heavy atom. The first-order valence-corrected chi connectivity index (χ1v) is 9.47. The van der Waals surface area contributed by atoms with Crippen molar-refractivity contribution in [2.75, 3.05) is 13.1 Å². The first kappa shape index (κ1) is 22.9. The fraction of sp³-hybridized carbons (Fsp3) is 0.174. The Bertz CT molecular complexity index is 928. The third-order valence-electron chi connectivity index (χ3n) is 4.58. The Labute approximate surface area is 181 Å². The Kier molecular flexibility index (Phi) is 8.68.